The zero-order chi connectivity index (χ0) is 12.1. The van der Waals surface area contributed by atoms with Crippen LogP contribution in [-0.4, -0.2) is 22.0 Å². The van der Waals surface area contributed by atoms with Crippen LogP contribution in [-0.2, 0) is 11.3 Å². The Morgan fingerprint density at radius 2 is 2.25 bits per heavy atom. The van der Waals surface area contributed by atoms with Gasteiger partial charge in [-0.2, -0.15) is 0 Å². The van der Waals surface area contributed by atoms with Crippen molar-refractivity contribution in [2.24, 2.45) is 0 Å². The van der Waals surface area contributed by atoms with E-state index < -0.39 is 11.2 Å². The standard InChI is InChI=1S/C9H12ClN3O3/c1-2-3-11-7(14)5-13-4-6(10)8(15)12-9(13)16/h4H,2-3,5H2,1H3,(H,11,14)(H,12,15,16). The zero-order valence-electron chi connectivity index (χ0n) is 8.75. The molecule has 0 aliphatic heterocycles. The number of rotatable bonds is 4. The summed E-state index contributed by atoms with van der Waals surface area (Å²) in [7, 11) is 0. The van der Waals surface area contributed by atoms with Gasteiger partial charge in [0, 0.05) is 12.7 Å². The number of carbonyl (C=O) groups excluding carboxylic acids is 1. The Morgan fingerprint density at radius 1 is 1.56 bits per heavy atom. The summed E-state index contributed by atoms with van der Waals surface area (Å²) in [4.78, 5) is 35.5. The summed E-state index contributed by atoms with van der Waals surface area (Å²) in [6.45, 7) is 2.31. The van der Waals surface area contributed by atoms with Crippen molar-refractivity contribution in [3.63, 3.8) is 0 Å². The van der Waals surface area contributed by atoms with Crippen LogP contribution < -0.4 is 16.6 Å². The predicted molar refractivity (Wildman–Crippen MR) is 59.6 cm³/mol. The van der Waals surface area contributed by atoms with Crippen molar-refractivity contribution in [1.82, 2.24) is 14.9 Å². The van der Waals surface area contributed by atoms with Gasteiger partial charge in [0.1, 0.15) is 11.6 Å². The molecule has 1 aromatic rings. The lowest BCUT2D eigenvalue weighted by Crippen LogP contribution is -2.36. The summed E-state index contributed by atoms with van der Waals surface area (Å²) in [6, 6.07) is 0. The molecule has 16 heavy (non-hydrogen) atoms. The molecule has 0 atom stereocenters. The van der Waals surface area contributed by atoms with Gasteiger partial charge in [-0.3, -0.25) is 19.1 Å². The van der Waals surface area contributed by atoms with Crippen LogP contribution in [0.3, 0.4) is 0 Å². The maximum absolute atomic E-state index is 11.3. The van der Waals surface area contributed by atoms with E-state index in [0.29, 0.717) is 6.54 Å². The van der Waals surface area contributed by atoms with Crippen LogP contribution in [0.1, 0.15) is 13.3 Å². The number of aromatic amines is 1. The Kier molecular flexibility index (Phi) is 4.30. The van der Waals surface area contributed by atoms with E-state index in [2.05, 4.69) is 5.32 Å². The van der Waals surface area contributed by atoms with Crippen LogP contribution in [0, 0.1) is 0 Å². The number of hydrogen-bond acceptors (Lipinski definition) is 3. The van der Waals surface area contributed by atoms with Crippen molar-refractivity contribution in [1.29, 1.82) is 0 Å². The van der Waals surface area contributed by atoms with Crippen molar-refractivity contribution < 1.29 is 4.79 Å². The van der Waals surface area contributed by atoms with Crippen molar-refractivity contribution in [2.45, 2.75) is 19.9 Å². The van der Waals surface area contributed by atoms with Gasteiger partial charge >= 0.3 is 5.69 Å². The molecule has 0 radical (unpaired) electrons. The molecular weight excluding hydrogens is 234 g/mol. The van der Waals surface area contributed by atoms with Gasteiger partial charge in [-0.05, 0) is 6.42 Å². The summed E-state index contributed by atoms with van der Waals surface area (Å²) in [6.07, 6.45) is 1.96. The van der Waals surface area contributed by atoms with Gasteiger partial charge in [0.2, 0.25) is 5.91 Å². The van der Waals surface area contributed by atoms with Gasteiger partial charge in [0.05, 0.1) is 0 Å². The number of halogens is 1. The molecule has 0 aliphatic rings. The molecule has 7 heteroatoms. The molecule has 0 bridgehead atoms. The third-order valence-corrected chi connectivity index (χ3v) is 2.12. The SMILES string of the molecule is CCCNC(=O)Cn1cc(Cl)c(=O)[nH]c1=O. The second-order valence-electron chi connectivity index (χ2n) is 3.21. The highest BCUT2D eigenvalue weighted by Crippen LogP contribution is 1.95. The van der Waals surface area contributed by atoms with Gasteiger partial charge < -0.3 is 5.32 Å². The summed E-state index contributed by atoms with van der Waals surface area (Å²) in [5, 5.41) is 2.49. The molecule has 1 rings (SSSR count). The smallest absolute Gasteiger partial charge is 0.328 e. The molecule has 1 aromatic heterocycles. The monoisotopic (exact) mass is 245 g/mol. The fourth-order valence-electron chi connectivity index (χ4n) is 1.08. The number of nitrogens with zero attached hydrogens (tertiary/aromatic N) is 1. The topological polar surface area (TPSA) is 84.0 Å². The predicted octanol–water partition coefficient (Wildman–Crippen LogP) is -0.284. The number of carbonyl (C=O) groups is 1. The Balaban J connectivity index is 2.82. The van der Waals surface area contributed by atoms with E-state index in [-0.39, 0.29) is 17.5 Å². The van der Waals surface area contributed by atoms with Crippen molar-refractivity contribution >= 4 is 17.5 Å². The van der Waals surface area contributed by atoms with Gasteiger partial charge in [-0.25, -0.2) is 4.79 Å². The molecule has 6 nitrogen and oxygen atoms in total. The molecule has 0 aromatic carbocycles. The van der Waals surface area contributed by atoms with E-state index in [9.17, 15) is 14.4 Å². The molecular formula is C9H12ClN3O3. The third kappa shape index (κ3) is 3.23. The van der Waals surface area contributed by atoms with E-state index in [4.69, 9.17) is 11.6 Å². The van der Waals surface area contributed by atoms with Crippen LogP contribution in [0.2, 0.25) is 5.02 Å². The Labute approximate surface area is 96.2 Å². The third-order valence-electron chi connectivity index (χ3n) is 1.85. The second kappa shape index (κ2) is 5.50. The molecule has 0 fully saturated rings. The first kappa shape index (κ1) is 12.5. The number of hydrogen-bond donors (Lipinski definition) is 2. The Hall–Kier alpha value is -1.56. The normalized spacial score (nSPS) is 10.1. The number of nitrogens with one attached hydrogen (secondary N) is 2. The maximum Gasteiger partial charge on any atom is 0.328 e. The van der Waals surface area contributed by atoms with Crippen LogP contribution in [0.15, 0.2) is 15.8 Å². The molecule has 0 saturated heterocycles. The number of H-pyrrole nitrogens is 1. The highest BCUT2D eigenvalue weighted by molar-refractivity contribution is 6.30. The fourth-order valence-corrected chi connectivity index (χ4v) is 1.24. The molecule has 0 spiro atoms. The maximum atomic E-state index is 11.3. The van der Waals surface area contributed by atoms with Crippen LogP contribution in [0.4, 0.5) is 0 Å². The average Bonchev–Trinajstić information content (AvgIpc) is 2.23. The van der Waals surface area contributed by atoms with Gasteiger partial charge in [0.15, 0.2) is 0 Å². The lowest BCUT2D eigenvalue weighted by molar-refractivity contribution is -0.121. The first-order chi connectivity index (χ1) is 7.54. The number of aromatic nitrogens is 2. The summed E-state index contributed by atoms with van der Waals surface area (Å²) in [5.41, 5.74) is -1.31. The first-order valence-electron chi connectivity index (χ1n) is 4.80. The highest BCUT2D eigenvalue weighted by atomic mass is 35.5. The van der Waals surface area contributed by atoms with E-state index >= 15 is 0 Å². The number of amides is 1. The van der Waals surface area contributed by atoms with Crippen LogP contribution in [0.5, 0.6) is 0 Å². The van der Waals surface area contributed by atoms with Crippen molar-refractivity contribution in [2.75, 3.05) is 6.54 Å². The van der Waals surface area contributed by atoms with Crippen LogP contribution >= 0.6 is 11.6 Å². The minimum absolute atomic E-state index is 0.122. The highest BCUT2D eigenvalue weighted by Gasteiger charge is 2.06. The summed E-state index contributed by atoms with van der Waals surface area (Å²) >= 11 is 5.54. The minimum Gasteiger partial charge on any atom is -0.355 e. The lowest BCUT2D eigenvalue weighted by Gasteiger charge is -2.05. The molecule has 0 aliphatic carbocycles. The summed E-state index contributed by atoms with van der Waals surface area (Å²) < 4.78 is 1.05. The molecule has 2 N–H and O–H groups in total. The molecule has 0 unspecified atom stereocenters. The Bertz CT molecular complexity index is 492. The average molecular weight is 246 g/mol. The largest absolute Gasteiger partial charge is 0.355 e. The van der Waals surface area contributed by atoms with Gasteiger partial charge in [0.25, 0.3) is 5.56 Å². The van der Waals surface area contributed by atoms with E-state index in [1.165, 1.54) is 0 Å². The lowest BCUT2D eigenvalue weighted by atomic mass is 10.4. The molecule has 0 saturated carbocycles. The quantitative estimate of drug-likeness (QED) is 0.765. The van der Waals surface area contributed by atoms with E-state index in [0.717, 1.165) is 17.2 Å². The van der Waals surface area contributed by atoms with Crippen LogP contribution in [0.25, 0.3) is 0 Å². The van der Waals surface area contributed by atoms with E-state index in [1.54, 1.807) is 0 Å². The van der Waals surface area contributed by atoms with E-state index in [1.807, 2.05) is 11.9 Å². The zero-order valence-corrected chi connectivity index (χ0v) is 9.50. The molecule has 1 amide bonds. The fraction of sp³-hybridized carbons (Fsp3) is 0.444. The Morgan fingerprint density at radius 3 is 2.88 bits per heavy atom. The molecule has 1 heterocycles. The second-order valence-corrected chi connectivity index (χ2v) is 3.62. The minimum atomic E-state index is -0.656. The van der Waals surface area contributed by atoms with Gasteiger partial charge in [-0.15, -0.1) is 0 Å². The molecule has 88 valence electrons. The van der Waals surface area contributed by atoms with Crippen molar-refractivity contribution in [3.05, 3.63) is 32.1 Å². The summed E-state index contributed by atoms with van der Waals surface area (Å²) in [5.74, 6) is -0.299. The van der Waals surface area contributed by atoms with Gasteiger partial charge in [-0.1, -0.05) is 18.5 Å². The van der Waals surface area contributed by atoms with Crippen molar-refractivity contribution in [3.8, 4) is 0 Å². The first-order valence-corrected chi connectivity index (χ1v) is 5.18.